The summed E-state index contributed by atoms with van der Waals surface area (Å²) in [6.45, 7) is 3.23. The van der Waals surface area contributed by atoms with Crippen molar-refractivity contribution in [3.63, 3.8) is 0 Å². The van der Waals surface area contributed by atoms with E-state index in [0.717, 1.165) is 0 Å². The minimum Gasteiger partial charge on any atom is -0.480 e. The standard InChI is InChI=1S/C6H10ClNO3/c1-3(7)5(9)2-4(8)6(10)11/h4-5,9H,1-2,8H2,(H,10,11)/t4-,5?/m0/s1. The highest BCUT2D eigenvalue weighted by atomic mass is 35.5. The number of aliphatic carboxylic acids is 1. The Hall–Kier alpha value is -0.580. The van der Waals surface area contributed by atoms with Crippen molar-refractivity contribution in [2.75, 3.05) is 0 Å². The molecular formula is C6H10ClNO3. The SMILES string of the molecule is C=C(Cl)C(O)C[C@H](N)C(=O)O. The Bertz CT molecular complexity index is 153. The molecule has 0 aliphatic carbocycles. The van der Waals surface area contributed by atoms with Gasteiger partial charge in [0.15, 0.2) is 0 Å². The molecular weight excluding hydrogens is 170 g/mol. The van der Waals surface area contributed by atoms with Crippen LogP contribution in [0.5, 0.6) is 0 Å². The first kappa shape index (κ1) is 10.4. The zero-order valence-corrected chi connectivity index (χ0v) is 6.58. The second kappa shape index (κ2) is 4.33. The van der Waals surface area contributed by atoms with Crippen molar-refractivity contribution >= 4 is 17.6 Å². The quantitative estimate of drug-likeness (QED) is 0.563. The summed E-state index contributed by atoms with van der Waals surface area (Å²) in [7, 11) is 0. The lowest BCUT2D eigenvalue weighted by Crippen LogP contribution is -2.34. The number of carboxylic acid groups (broad SMARTS) is 1. The highest BCUT2D eigenvalue weighted by molar-refractivity contribution is 6.29. The number of carboxylic acids is 1. The van der Waals surface area contributed by atoms with E-state index in [0.29, 0.717) is 0 Å². The summed E-state index contributed by atoms with van der Waals surface area (Å²) >= 11 is 5.28. The van der Waals surface area contributed by atoms with Gasteiger partial charge in [-0.1, -0.05) is 18.2 Å². The normalized spacial score (nSPS) is 15.5. The fourth-order valence-electron chi connectivity index (χ4n) is 0.469. The molecule has 0 fully saturated rings. The minimum absolute atomic E-state index is 0.00157. The first-order valence-corrected chi connectivity index (χ1v) is 3.33. The second-order valence-electron chi connectivity index (χ2n) is 2.14. The Morgan fingerprint density at radius 2 is 2.18 bits per heavy atom. The van der Waals surface area contributed by atoms with Gasteiger partial charge in [0.1, 0.15) is 6.04 Å². The summed E-state index contributed by atoms with van der Waals surface area (Å²) < 4.78 is 0. The van der Waals surface area contributed by atoms with Gasteiger partial charge in [0.25, 0.3) is 0 Å². The lowest BCUT2D eigenvalue weighted by atomic mass is 10.1. The first-order chi connectivity index (χ1) is 4.95. The third kappa shape index (κ3) is 3.98. The molecule has 1 unspecified atom stereocenters. The summed E-state index contributed by atoms with van der Waals surface area (Å²) in [5, 5.41) is 17.3. The molecule has 2 atom stereocenters. The molecule has 0 bridgehead atoms. The van der Waals surface area contributed by atoms with Gasteiger partial charge in [-0.3, -0.25) is 4.79 Å². The topological polar surface area (TPSA) is 83.5 Å². The molecule has 64 valence electrons. The molecule has 4 N–H and O–H groups in total. The van der Waals surface area contributed by atoms with E-state index in [1.807, 2.05) is 0 Å². The number of halogens is 1. The van der Waals surface area contributed by atoms with Crippen LogP contribution in [0, 0.1) is 0 Å². The number of hydrogen-bond acceptors (Lipinski definition) is 3. The number of hydrogen-bond donors (Lipinski definition) is 3. The van der Waals surface area contributed by atoms with Gasteiger partial charge in [-0.2, -0.15) is 0 Å². The van der Waals surface area contributed by atoms with E-state index in [-0.39, 0.29) is 11.5 Å². The number of nitrogens with two attached hydrogens (primary N) is 1. The van der Waals surface area contributed by atoms with Crippen LogP contribution in [0.3, 0.4) is 0 Å². The van der Waals surface area contributed by atoms with Gasteiger partial charge < -0.3 is 15.9 Å². The van der Waals surface area contributed by atoms with Crippen LogP contribution in [0.15, 0.2) is 11.6 Å². The average molecular weight is 180 g/mol. The molecule has 0 aromatic heterocycles. The second-order valence-corrected chi connectivity index (χ2v) is 2.63. The van der Waals surface area contributed by atoms with Crippen molar-refractivity contribution in [3.8, 4) is 0 Å². The van der Waals surface area contributed by atoms with Crippen molar-refractivity contribution < 1.29 is 15.0 Å². The van der Waals surface area contributed by atoms with Crippen molar-refractivity contribution in [1.82, 2.24) is 0 Å². The summed E-state index contributed by atoms with van der Waals surface area (Å²) in [6, 6.07) is -1.10. The predicted molar refractivity (Wildman–Crippen MR) is 41.2 cm³/mol. The molecule has 0 aliphatic rings. The fraction of sp³-hybridized carbons (Fsp3) is 0.500. The highest BCUT2D eigenvalue weighted by Crippen LogP contribution is 2.09. The average Bonchev–Trinajstić information content (AvgIpc) is 1.87. The zero-order chi connectivity index (χ0) is 9.02. The van der Waals surface area contributed by atoms with Crippen molar-refractivity contribution in [3.05, 3.63) is 11.6 Å². The number of aliphatic hydroxyl groups is 1. The Morgan fingerprint density at radius 1 is 1.73 bits per heavy atom. The molecule has 0 rings (SSSR count). The van der Waals surface area contributed by atoms with Gasteiger partial charge in [-0.25, -0.2) is 0 Å². The van der Waals surface area contributed by atoms with Gasteiger partial charge in [0.2, 0.25) is 0 Å². The third-order valence-electron chi connectivity index (χ3n) is 1.16. The van der Waals surface area contributed by atoms with Gasteiger partial charge in [0, 0.05) is 11.5 Å². The van der Waals surface area contributed by atoms with Crippen molar-refractivity contribution in [1.29, 1.82) is 0 Å². The maximum absolute atomic E-state index is 10.1. The van der Waals surface area contributed by atoms with E-state index in [1.165, 1.54) is 0 Å². The zero-order valence-electron chi connectivity index (χ0n) is 5.83. The molecule has 0 heterocycles. The van der Waals surface area contributed by atoms with Crippen LogP contribution in [0.2, 0.25) is 0 Å². The van der Waals surface area contributed by atoms with Crippen LogP contribution in [0.4, 0.5) is 0 Å². The van der Waals surface area contributed by atoms with E-state index in [4.69, 9.17) is 27.5 Å². The Kier molecular flexibility index (Phi) is 4.10. The minimum atomic E-state index is -1.16. The number of carbonyl (C=O) groups is 1. The lowest BCUT2D eigenvalue weighted by molar-refractivity contribution is -0.139. The largest absolute Gasteiger partial charge is 0.480 e. The van der Waals surface area contributed by atoms with Gasteiger partial charge >= 0.3 is 5.97 Å². The predicted octanol–water partition coefficient (Wildman–Crippen LogP) is -0.0982. The summed E-state index contributed by atoms with van der Waals surface area (Å²) in [4.78, 5) is 10.1. The van der Waals surface area contributed by atoms with Crippen LogP contribution in [-0.2, 0) is 4.79 Å². The van der Waals surface area contributed by atoms with E-state index >= 15 is 0 Å². The maximum Gasteiger partial charge on any atom is 0.320 e. The molecule has 0 aromatic carbocycles. The smallest absolute Gasteiger partial charge is 0.320 e. The monoisotopic (exact) mass is 179 g/mol. The van der Waals surface area contributed by atoms with Crippen molar-refractivity contribution in [2.45, 2.75) is 18.6 Å². The third-order valence-corrected chi connectivity index (χ3v) is 1.41. The molecule has 4 nitrogen and oxygen atoms in total. The molecule has 0 saturated carbocycles. The highest BCUT2D eigenvalue weighted by Gasteiger charge is 2.17. The molecule has 0 amide bonds. The fourth-order valence-corrected chi connectivity index (χ4v) is 0.558. The Balaban J connectivity index is 3.84. The van der Waals surface area contributed by atoms with E-state index in [1.54, 1.807) is 0 Å². The molecule has 0 saturated heterocycles. The van der Waals surface area contributed by atoms with E-state index < -0.39 is 18.1 Å². The number of rotatable bonds is 4. The van der Waals surface area contributed by atoms with E-state index in [2.05, 4.69) is 6.58 Å². The molecule has 5 heteroatoms. The van der Waals surface area contributed by atoms with Crippen LogP contribution in [0.1, 0.15) is 6.42 Å². The van der Waals surface area contributed by atoms with Crippen LogP contribution in [0.25, 0.3) is 0 Å². The van der Waals surface area contributed by atoms with E-state index in [9.17, 15) is 4.79 Å². The maximum atomic E-state index is 10.1. The Morgan fingerprint density at radius 3 is 2.45 bits per heavy atom. The summed E-state index contributed by atoms with van der Waals surface area (Å²) in [6.07, 6.45) is -1.17. The molecule has 0 aromatic rings. The van der Waals surface area contributed by atoms with Crippen molar-refractivity contribution in [2.24, 2.45) is 5.73 Å². The first-order valence-electron chi connectivity index (χ1n) is 2.96. The molecule has 0 aliphatic heterocycles. The van der Waals surface area contributed by atoms with Crippen LogP contribution in [-0.4, -0.2) is 28.3 Å². The molecule has 0 spiro atoms. The van der Waals surface area contributed by atoms with Crippen LogP contribution < -0.4 is 5.73 Å². The van der Waals surface area contributed by atoms with Gasteiger partial charge in [-0.05, 0) is 0 Å². The number of aliphatic hydroxyl groups excluding tert-OH is 1. The molecule has 0 radical (unpaired) electrons. The molecule has 11 heavy (non-hydrogen) atoms. The summed E-state index contributed by atoms with van der Waals surface area (Å²) in [5.74, 6) is -1.16. The van der Waals surface area contributed by atoms with Crippen LogP contribution >= 0.6 is 11.6 Å². The Labute approximate surface area is 69.3 Å². The van der Waals surface area contributed by atoms with Gasteiger partial charge in [0.05, 0.1) is 6.10 Å². The lowest BCUT2D eigenvalue weighted by Gasteiger charge is -2.10. The van der Waals surface area contributed by atoms with Gasteiger partial charge in [-0.15, -0.1) is 0 Å². The summed E-state index contributed by atoms with van der Waals surface area (Å²) in [5.41, 5.74) is 5.10.